The molecule has 5 nitrogen and oxygen atoms in total. The fourth-order valence-electron chi connectivity index (χ4n) is 3.08. The van der Waals surface area contributed by atoms with Gasteiger partial charge in [-0.05, 0) is 60.7 Å². The van der Waals surface area contributed by atoms with Crippen molar-refractivity contribution >= 4 is 17.5 Å². The zero-order chi connectivity index (χ0) is 17.8. The minimum Gasteiger partial charge on any atom is -0.437 e. The van der Waals surface area contributed by atoms with Gasteiger partial charge >= 0.3 is 0 Å². The molecule has 0 spiro atoms. The third-order valence-electron chi connectivity index (χ3n) is 4.47. The highest BCUT2D eigenvalue weighted by Crippen LogP contribution is 2.35. The van der Waals surface area contributed by atoms with Gasteiger partial charge in [0.25, 0.3) is 0 Å². The topological polar surface area (TPSA) is 67.9 Å². The molecule has 1 aliphatic rings. The number of hydrogen-bond donors (Lipinski definition) is 1. The summed E-state index contributed by atoms with van der Waals surface area (Å²) in [5, 5.41) is 0. The van der Waals surface area contributed by atoms with Gasteiger partial charge in [-0.3, -0.25) is 9.78 Å². The van der Waals surface area contributed by atoms with Crippen molar-refractivity contribution in [2.75, 3.05) is 11.5 Å². The van der Waals surface area contributed by atoms with Crippen LogP contribution >= 0.6 is 11.8 Å². The number of rotatable bonds is 5. The van der Waals surface area contributed by atoms with Crippen molar-refractivity contribution in [3.8, 4) is 11.6 Å². The van der Waals surface area contributed by atoms with Crippen LogP contribution in [-0.2, 0) is 0 Å². The minimum atomic E-state index is -0.0403. The first-order chi connectivity index (χ1) is 12.8. The normalized spacial score (nSPS) is 14.9. The van der Waals surface area contributed by atoms with Crippen LogP contribution in [0.3, 0.4) is 0 Å². The summed E-state index contributed by atoms with van der Waals surface area (Å²) in [4.78, 5) is 24.2. The van der Waals surface area contributed by atoms with E-state index < -0.39 is 0 Å². The van der Waals surface area contributed by atoms with Gasteiger partial charge in [0.05, 0.1) is 5.69 Å². The van der Waals surface area contributed by atoms with Gasteiger partial charge in [-0.1, -0.05) is 0 Å². The fraction of sp³-hybridized carbons (Fsp3) is 0.250. The molecule has 0 atom stereocenters. The highest BCUT2D eigenvalue weighted by atomic mass is 32.2. The van der Waals surface area contributed by atoms with E-state index in [4.69, 9.17) is 4.74 Å². The third-order valence-corrected chi connectivity index (χ3v) is 5.52. The Morgan fingerprint density at radius 1 is 1.08 bits per heavy atom. The average molecular weight is 365 g/mol. The third kappa shape index (κ3) is 3.65. The zero-order valence-corrected chi connectivity index (χ0v) is 15.0. The van der Waals surface area contributed by atoms with E-state index in [0.29, 0.717) is 28.8 Å². The van der Waals surface area contributed by atoms with E-state index >= 15 is 0 Å². The number of carbonyl (C=O) groups is 1. The smallest absolute Gasteiger partial charge is 0.241 e. The van der Waals surface area contributed by atoms with Gasteiger partial charge in [-0.15, -0.1) is 0 Å². The van der Waals surface area contributed by atoms with E-state index in [9.17, 15) is 4.79 Å². The number of nitrogens with zero attached hydrogens (tertiary/aromatic N) is 2. The van der Waals surface area contributed by atoms with Crippen LogP contribution in [0, 0.1) is 0 Å². The van der Waals surface area contributed by atoms with E-state index in [1.165, 1.54) is 0 Å². The maximum Gasteiger partial charge on any atom is 0.241 e. The van der Waals surface area contributed by atoms with E-state index in [2.05, 4.69) is 15.0 Å². The van der Waals surface area contributed by atoms with Crippen molar-refractivity contribution in [1.82, 2.24) is 15.0 Å². The van der Waals surface area contributed by atoms with Crippen molar-refractivity contribution in [2.45, 2.75) is 18.8 Å². The summed E-state index contributed by atoms with van der Waals surface area (Å²) in [6, 6.07) is 10.7. The molecule has 1 N–H and O–H groups in total. The number of aromatic nitrogens is 3. The Labute approximate surface area is 156 Å². The number of aromatic amines is 1. The van der Waals surface area contributed by atoms with E-state index in [1.54, 1.807) is 48.9 Å². The van der Waals surface area contributed by atoms with E-state index in [-0.39, 0.29) is 5.78 Å². The van der Waals surface area contributed by atoms with Crippen LogP contribution < -0.4 is 4.74 Å². The SMILES string of the molecule is O=C(c1ccc(Oc2nccnc2C2CCSCC2)cc1)c1ccc[nH]1. The van der Waals surface area contributed by atoms with Crippen molar-refractivity contribution < 1.29 is 9.53 Å². The Kier molecular flexibility index (Phi) is 5.02. The van der Waals surface area contributed by atoms with Gasteiger partial charge in [0, 0.05) is 30.1 Å². The largest absolute Gasteiger partial charge is 0.437 e. The minimum absolute atomic E-state index is 0.0403. The number of ketones is 1. The Balaban J connectivity index is 1.52. The van der Waals surface area contributed by atoms with Crippen LogP contribution in [0.15, 0.2) is 55.0 Å². The number of thioether (sulfide) groups is 1. The lowest BCUT2D eigenvalue weighted by molar-refractivity contribution is 0.103. The van der Waals surface area contributed by atoms with Crippen LogP contribution in [0.5, 0.6) is 11.6 Å². The predicted octanol–water partition coefficient (Wildman–Crippen LogP) is 4.44. The van der Waals surface area contributed by atoms with Gasteiger partial charge in [-0.25, -0.2) is 4.98 Å². The molecule has 1 fully saturated rings. The predicted molar refractivity (Wildman–Crippen MR) is 102 cm³/mol. The summed E-state index contributed by atoms with van der Waals surface area (Å²) >= 11 is 1.98. The lowest BCUT2D eigenvalue weighted by atomic mass is 9.99. The number of ether oxygens (including phenoxy) is 1. The summed E-state index contributed by atoms with van der Waals surface area (Å²) in [7, 11) is 0. The van der Waals surface area contributed by atoms with Crippen molar-refractivity contribution in [2.24, 2.45) is 0 Å². The number of hydrogen-bond acceptors (Lipinski definition) is 5. The number of carbonyl (C=O) groups excluding carboxylic acids is 1. The molecule has 3 heterocycles. The molecule has 2 aromatic heterocycles. The van der Waals surface area contributed by atoms with Crippen molar-refractivity contribution in [1.29, 1.82) is 0 Å². The molecular formula is C20H19N3O2S. The van der Waals surface area contributed by atoms with Crippen LogP contribution in [-0.4, -0.2) is 32.2 Å². The molecule has 132 valence electrons. The number of nitrogens with one attached hydrogen (secondary N) is 1. The van der Waals surface area contributed by atoms with Gasteiger partial charge < -0.3 is 9.72 Å². The molecule has 1 saturated heterocycles. The maximum absolute atomic E-state index is 12.3. The maximum atomic E-state index is 12.3. The second-order valence-electron chi connectivity index (χ2n) is 6.17. The molecule has 0 amide bonds. The first kappa shape index (κ1) is 16.8. The molecule has 0 aliphatic carbocycles. The number of benzene rings is 1. The lowest BCUT2D eigenvalue weighted by Crippen LogP contribution is -2.11. The summed E-state index contributed by atoms with van der Waals surface area (Å²) < 4.78 is 5.99. The van der Waals surface area contributed by atoms with Crippen LogP contribution in [0.1, 0.15) is 40.5 Å². The van der Waals surface area contributed by atoms with Gasteiger partial charge in [0.15, 0.2) is 0 Å². The first-order valence-electron chi connectivity index (χ1n) is 8.66. The van der Waals surface area contributed by atoms with Crippen LogP contribution in [0.25, 0.3) is 0 Å². The Morgan fingerprint density at radius 2 is 1.85 bits per heavy atom. The molecule has 1 aliphatic heterocycles. The summed E-state index contributed by atoms with van der Waals surface area (Å²) in [5.74, 6) is 3.87. The second kappa shape index (κ2) is 7.74. The lowest BCUT2D eigenvalue weighted by Gasteiger charge is -2.22. The molecule has 4 rings (SSSR count). The molecule has 26 heavy (non-hydrogen) atoms. The van der Waals surface area contributed by atoms with Gasteiger partial charge in [0.1, 0.15) is 11.4 Å². The van der Waals surface area contributed by atoms with Gasteiger partial charge in [0.2, 0.25) is 11.7 Å². The highest BCUT2D eigenvalue weighted by Gasteiger charge is 2.22. The molecule has 0 bridgehead atoms. The van der Waals surface area contributed by atoms with Gasteiger partial charge in [-0.2, -0.15) is 11.8 Å². The Morgan fingerprint density at radius 3 is 2.58 bits per heavy atom. The Hall–Kier alpha value is -2.60. The molecule has 0 saturated carbocycles. The standard InChI is InChI=1S/C20H19N3O2S/c24-19(17-2-1-9-21-17)15-3-5-16(6-4-15)25-20-18(22-10-11-23-20)14-7-12-26-13-8-14/h1-6,9-11,14,21H,7-8,12-13H2. The van der Waals surface area contributed by atoms with Crippen molar-refractivity contribution in [3.63, 3.8) is 0 Å². The van der Waals surface area contributed by atoms with Crippen molar-refractivity contribution in [3.05, 3.63) is 71.9 Å². The van der Waals surface area contributed by atoms with E-state index in [1.807, 2.05) is 17.8 Å². The first-order valence-corrected chi connectivity index (χ1v) is 9.81. The molecule has 1 aromatic carbocycles. The average Bonchev–Trinajstić information content (AvgIpc) is 3.24. The quantitative estimate of drug-likeness (QED) is 0.677. The summed E-state index contributed by atoms with van der Waals surface area (Å²) in [6.07, 6.45) is 7.32. The molecule has 6 heteroatoms. The molecular weight excluding hydrogens is 346 g/mol. The summed E-state index contributed by atoms with van der Waals surface area (Å²) in [5.41, 5.74) is 2.12. The molecule has 0 radical (unpaired) electrons. The zero-order valence-electron chi connectivity index (χ0n) is 14.2. The van der Waals surface area contributed by atoms with Crippen LogP contribution in [0.4, 0.5) is 0 Å². The summed E-state index contributed by atoms with van der Waals surface area (Å²) in [6.45, 7) is 0. The van der Waals surface area contributed by atoms with E-state index in [0.717, 1.165) is 30.0 Å². The second-order valence-corrected chi connectivity index (χ2v) is 7.40. The number of H-pyrrole nitrogens is 1. The Bertz CT molecular complexity index is 872. The fourth-order valence-corrected chi connectivity index (χ4v) is 4.19. The van der Waals surface area contributed by atoms with Crippen LogP contribution in [0.2, 0.25) is 0 Å². The molecule has 0 unspecified atom stereocenters. The highest BCUT2D eigenvalue weighted by molar-refractivity contribution is 7.99. The monoisotopic (exact) mass is 365 g/mol. The molecule has 3 aromatic rings.